The fourth-order valence-corrected chi connectivity index (χ4v) is 2.25. The molecule has 2 N–H and O–H groups in total. The predicted molar refractivity (Wildman–Crippen MR) is 92.1 cm³/mol. The molecule has 0 bridgehead atoms. The van der Waals surface area contributed by atoms with Gasteiger partial charge in [0.05, 0.1) is 5.56 Å². The van der Waals surface area contributed by atoms with Crippen molar-refractivity contribution in [2.45, 2.75) is 0 Å². The number of fused-ring (bicyclic) bond motifs is 1. The minimum atomic E-state index is -0.207. The van der Waals surface area contributed by atoms with Crippen LogP contribution in [0.3, 0.4) is 0 Å². The van der Waals surface area contributed by atoms with Crippen molar-refractivity contribution in [3.63, 3.8) is 0 Å². The zero-order valence-corrected chi connectivity index (χ0v) is 13.4. The highest BCUT2D eigenvalue weighted by Crippen LogP contribution is 2.32. The van der Waals surface area contributed by atoms with Crippen molar-refractivity contribution in [2.75, 3.05) is 25.2 Å². The van der Waals surface area contributed by atoms with Crippen LogP contribution < -0.4 is 20.1 Å². The largest absolute Gasteiger partial charge is 0.454 e. The summed E-state index contributed by atoms with van der Waals surface area (Å²) in [5.41, 5.74) is 1.32. The number of amides is 1. The van der Waals surface area contributed by atoms with E-state index in [0.29, 0.717) is 36.0 Å². The van der Waals surface area contributed by atoms with E-state index in [2.05, 4.69) is 21.7 Å². The van der Waals surface area contributed by atoms with Crippen LogP contribution in [-0.4, -0.2) is 30.8 Å². The third-order valence-electron chi connectivity index (χ3n) is 3.47. The molecule has 0 saturated carbocycles. The molecule has 0 spiro atoms. The number of hydrogen-bond acceptors (Lipinski definition) is 6. The quantitative estimate of drug-likeness (QED) is 0.618. The lowest BCUT2D eigenvalue weighted by molar-refractivity contribution is -0.116. The van der Waals surface area contributed by atoms with Crippen LogP contribution in [0.1, 0.15) is 11.1 Å². The van der Waals surface area contributed by atoms with Crippen molar-refractivity contribution >= 4 is 17.8 Å². The Balaban J connectivity index is 1.44. The molecule has 2 heterocycles. The number of rotatable bonds is 6. The Morgan fingerprint density at radius 1 is 1.28 bits per heavy atom. The zero-order valence-electron chi connectivity index (χ0n) is 13.4. The number of benzene rings is 1. The number of aromatic nitrogens is 1. The highest BCUT2D eigenvalue weighted by atomic mass is 16.7. The summed E-state index contributed by atoms with van der Waals surface area (Å²) in [5, 5.41) is 14.8. The number of carbonyl (C=O) groups excluding carboxylic acids is 1. The number of nitriles is 1. The second kappa shape index (κ2) is 7.84. The van der Waals surface area contributed by atoms with E-state index < -0.39 is 0 Å². The van der Waals surface area contributed by atoms with Gasteiger partial charge in [-0.3, -0.25) is 4.79 Å². The minimum Gasteiger partial charge on any atom is -0.454 e. The van der Waals surface area contributed by atoms with Gasteiger partial charge in [0, 0.05) is 25.4 Å². The molecule has 0 fully saturated rings. The molecule has 7 nitrogen and oxygen atoms in total. The molecule has 3 rings (SSSR count). The molecular weight excluding hydrogens is 320 g/mol. The normalized spacial score (nSPS) is 12.0. The summed E-state index contributed by atoms with van der Waals surface area (Å²) in [4.78, 5) is 15.9. The molecule has 2 aromatic rings. The topological polar surface area (TPSA) is 96.3 Å². The van der Waals surface area contributed by atoms with Crippen LogP contribution in [0.25, 0.3) is 6.08 Å². The second-order valence-corrected chi connectivity index (χ2v) is 5.18. The van der Waals surface area contributed by atoms with Gasteiger partial charge >= 0.3 is 0 Å². The van der Waals surface area contributed by atoms with Gasteiger partial charge < -0.3 is 20.1 Å². The van der Waals surface area contributed by atoms with Crippen LogP contribution in [0.15, 0.2) is 42.6 Å². The molecule has 25 heavy (non-hydrogen) atoms. The molecule has 1 aromatic carbocycles. The van der Waals surface area contributed by atoms with E-state index in [0.717, 1.165) is 5.56 Å². The van der Waals surface area contributed by atoms with Gasteiger partial charge in [-0.1, -0.05) is 6.07 Å². The van der Waals surface area contributed by atoms with Gasteiger partial charge in [0.15, 0.2) is 11.5 Å². The fraction of sp³-hybridized carbons (Fsp3) is 0.167. The summed E-state index contributed by atoms with van der Waals surface area (Å²) in [6, 6.07) is 10.9. The number of hydrogen-bond donors (Lipinski definition) is 2. The minimum absolute atomic E-state index is 0.207. The van der Waals surface area contributed by atoms with Crippen LogP contribution in [0, 0.1) is 11.3 Å². The Labute approximate surface area is 144 Å². The van der Waals surface area contributed by atoms with Gasteiger partial charge in [-0.05, 0) is 35.9 Å². The highest BCUT2D eigenvalue weighted by Gasteiger charge is 2.12. The Bertz CT molecular complexity index is 842. The van der Waals surface area contributed by atoms with Gasteiger partial charge in [-0.2, -0.15) is 5.26 Å². The molecule has 1 aromatic heterocycles. The number of ether oxygens (including phenoxy) is 2. The zero-order chi connectivity index (χ0) is 17.5. The van der Waals surface area contributed by atoms with E-state index in [1.807, 2.05) is 18.2 Å². The van der Waals surface area contributed by atoms with Crippen LogP contribution in [0.5, 0.6) is 11.5 Å². The first-order valence-electron chi connectivity index (χ1n) is 7.71. The van der Waals surface area contributed by atoms with E-state index >= 15 is 0 Å². The Morgan fingerprint density at radius 2 is 2.16 bits per heavy atom. The third-order valence-corrected chi connectivity index (χ3v) is 3.47. The van der Waals surface area contributed by atoms with Gasteiger partial charge in [0.25, 0.3) is 0 Å². The molecular formula is C18H16N4O3. The number of anilines is 1. The van der Waals surface area contributed by atoms with Crippen molar-refractivity contribution < 1.29 is 14.3 Å². The van der Waals surface area contributed by atoms with Gasteiger partial charge in [0.2, 0.25) is 12.7 Å². The summed E-state index contributed by atoms with van der Waals surface area (Å²) >= 11 is 0. The summed E-state index contributed by atoms with van der Waals surface area (Å²) < 4.78 is 10.5. The molecule has 7 heteroatoms. The Kier molecular flexibility index (Phi) is 5.12. The smallest absolute Gasteiger partial charge is 0.244 e. The summed E-state index contributed by atoms with van der Waals surface area (Å²) in [5.74, 6) is 1.69. The van der Waals surface area contributed by atoms with Gasteiger partial charge in [-0.25, -0.2) is 4.98 Å². The van der Waals surface area contributed by atoms with E-state index in [1.165, 1.54) is 6.08 Å². The second-order valence-electron chi connectivity index (χ2n) is 5.18. The maximum atomic E-state index is 11.8. The SMILES string of the molecule is N#Cc1cccnc1NCCNC(=O)C=Cc1ccc2c(c1)OCO2. The lowest BCUT2D eigenvalue weighted by Gasteiger charge is -2.07. The molecule has 0 atom stereocenters. The number of nitrogens with one attached hydrogen (secondary N) is 2. The molecule has 0 unspecified atom stereocenters. The number of nitrogens with zero attached hydrogens (tertiary/aromatic N) is 2. The highest BCUT2D eigenvalue weighted by molar-refractivity contribution is 5.91. The first-order chi connectivity index (χ1) is 12.3. The van der Waals surface area contributed by atoms with E-state index in [-0.39, 0.29) is 12.7 Å². The van der Waals surface area contributed by atoms with Crippen molar-refractivity contribution in [1.29, 1.82) is 5.26 Å². The molecule has 0 radical (unpaired) electrons. The maximum absolute atomic E-state index is 11.8. The fourth-order valence-electron chi connectivity index (χ4n) is 2.25. The number of pyridine rings is 1. The first kappa shape index (κ1) is 16.3. The maximum Gasteiger partial charge on any atom is 0.244 e. The Morgan fingerprint density at radius 3 is 3.04 bits per heavy atom. The lowest BCUT2D eigenvalue weighted by Crippen LogP contribution is -2.27. The van der Waals surface area contributed by atoms with Crippen LogP contribution in [0.4, 0.5) is 5.82 Å². The molecule has 1 amide bonds. The van der Waals surface area contributed by atoms with Crippen LogP contribution in [0.2, 0.25) is 0 Å². The van der Waals surface area contributed by atoms with Crippen LogP contribution in [-0.2, 0) is 4.79 Å². The van der Waals surface area contributed by atoms with E-state index in [4.69, 9.17) is 14.7 Å². The van der Waals surface area contributed by atoms with Crippen molar-refractivity contribution in [2.24, 2.45) is 0 Å². The standard InChI is InChI=1S/C18H16N4O3/c19-11-14-2-1-7-21-18(14)22-9-8-20-17(23)6-4-13-3-5-15-16(10-13)25-12-24-15/h1-7,10H,8-9,12H2,(H,20,23)(H,21,22). The lowest BCUT2D eigenvalue weighted by atomic mass is 10.2. The summed E-state index contributed by atoms with van der Waals surface area (Å²) in [6.45, 7) is 1.10. The van der Waals surface area contributed by atoms with Gasteiger partial charge in [-0.15, -0.1) is 0 Å². The molecule has 126 valence electrons. The molecule has 0 saturated heterocycles. The van der Waals surface area contributed by atoms with Crippen molar-refractivity contribution in [3.8, 4) is 17.6 Å². The summed E-state index contributed by atoms with van der Waals surface area (Å²) in [7, 11) is 0. The molecule has 0 aliphatic carbocycles. The molecule has 1 aliphatic heterocycles. The summed E-state index contributed by atoms with van der Waals surface area (Å²) in [6.07, 6.45) is 4.77. The monoisotopic (exact) mass is 336 g/mol. The van der Waals surface area contributed by atoms with Crippen molar-refractivity contribution in [1.82, 2.24) is 10.3 Å². The van der Waals surface area contributed by atoms with Gasteiger partial charge in [0.1, 0.15) is 11.9 Å². The van der Waals surface area contributed by atoms with Crippen LogP contribution >= 0.6 is 0 Å². The van der Waals surface area contributed by atoms with Crippen molar-refractivity contribution in [3.05, 3.63) is 53.7 Å². The van der Waals surface area contributed by atoms with E-state index in [1.54, 1.807) is 24.4 Å². The average molecular weight is 336 g/mol. The Hall–Kier alpha value is -3.53. The van der Waals surface area contributed by atoms with E-state index in [9.17, 15) is 4.79 Å². The first-order valence-corrected chi connectivity index (χ1v) is 7.71. The third kappa shape index (κ3) is 4.26. The number of carbonyl (C=O) groups is 1. The predicted octanol–water partition coefficient (Wildman–Crippen LogP) is 1.92. The molecule has 1 aliphatic rings. The average Bonchev–Trinajstić information content (AvgIpc) is 3.11.